The van der Waals surface area contributed by atoms with Crippen molar-refractivity contribution in [2.24, 2.45) is 0 Å². The molecule has 1 heterocycles. The van der Waals surface area contributed by atoms with Gasteiger partial charge in [-0.25, -0.2) is 23.1 Å². The minimum absolute atomic E-state index is 0.00481. The molecule has 2 rings (SSSR count). The minimum atomic E-state index is -1.53. The number of aromatic nitrogens is 2. The predicted molar refractivity (Wildman–Crippen MR) is 63.7 cm³/mol. The number of nitrogen functional groups attached to an aromatic ring is 1. The highest BCUT2D eigenvalue weighted by Crippen LogP contribution is 2.28. The lowest BCUT2D eigenvalue weighted by Crippen LogP contribution is -2.01. The Balaban J connectivity index is 2.37. The van der Waals surface area contributed by atoms with Crippen molar-refractivity contribution in [2.75, 3.05) is 11.1 Å². The van der Waals surface area contributed by atoms with Gasteiger partial charge in [0.05, 0.1) is 0 Å². The third kappa shape index (κ3) is 2.37. The van der Waals surface area contributed by atoms with Crippen LogP contribution < -0.4 is 11.1 Å². The second-order valence-corrected chi connectivity index (χ2v) is 4.09. The molecule has 4 nitrogen and oxygen atoms in total. The van der Waals surface area contributed by atoms with Crippen LogP contribution in [0.2, 0.25) is 0 Å². The zero-order valence-electron chi connectivity index (χ0n) is 8.72. The van der Waals surface area contributed by atoms with E-state index in [1.165, 1.54) is 6.33 Å². The summed E-state index contributed by atoms with van der Waals surface area (Å²) in [5, 5.41) is 2.60. The second-order valence-electron chi connectivity index (χ2n) is 3.30. The monoisotopic (exact) mass is 318 g/mol. The molecule has 0 spiro atoms. The van der Waals surface area contributed by atoms with E-state index < -0.39 is 17.5 Å². The highest BCUT2D eigenvalue weighted by Gasteiger charge is 2.12. The van der Waals surface area contributed by atoms with Gasteiger partial charge in [-0.15, -0.1) is 0 Å². The average Bonchev–Trinajstić information content (AvgIpc) is 2.32. The fourth-order valence-corrected chi connectivity index (χ4v) is 1.54. The highest BCUT2D eigenvalue weighted by atomic mass is 79.9. The summed E-state index contributed by atoms with van der Waals surface area (Å²) in [4.78, 5) is 7.53. The molecule has 3 N–H and O–H groups in total. The van der Waals surface area contributed by atoms with Crippen molar-refractivity contribution in [3.05, 3.63) is 40.4 Å². The Hall–Kier alpha value is -1.83. The van der Waals surface area contributed by atoms with E-state index in [0.29, 0.717) is 4.47 Å². The lowest BCUT2D eigenvalue weighted by molar-refractivity contribution is 0.448. The largest absolute Gasteiger partial charge is 0.383 e. The number of anilines is 3. The summed E-state index contributed by atoms with van der Waals surface area (Å²) in [5.74, 6) is -3.74. The van der Waals surface area contributed by atoms with Crippen LogP contribution in [0.25, 0.3) is 0 Å². The molecule has 0 fully saturated rings. The van der Waals surface area contributed by atoms with Gasteiger partial charge in [0, 0.05) is 17.8 Å². The van der Waals surface area contributed by atoms with Crippen molar-refractivity contribution >= 4 is 33.3 Å². The maximum Gasteiger partial charge on any atom is 0.194 e. The lowest BCUT2D eigenvalue weighted by atomic mass is 10.3. The molecular formula is C10H6BrF3N4. The van der Waals surface area contributed by atoms with Gasteiger partial charge in [-0.05, 0) is 15.9 Å². The van der Waals surface area contributed by atoms with Gasteiger partial charge < -0.3 is 11.1 Å². The van der Waals surface area contributed by atoms with Crippen LogP contribution in [-0.2, 0) is 0 Å². The molecule has 0 aliphatic carbocycles. The Morgan fingerprint density at radius 2 is 1.72 bits per heavy atom. The van der Waals surface area contributed by atoms with Gasteiger partial charge in [0.2, 0.25) is 0 Å². The topological polar surface area (TPSA) is 63.8 Å². The van der Waals surface area contributed by atoms with Crippen LogP contribution in [0.1, 0.15) is 0 Å². The third-order valence-electron chi connectivity index (χ3n) is 2.06. The van der Waals surface area contributed by atoms with Gasteiger partial charge in [0.15, 0.2) is 17.5 Å². The molecule has 0 amide bonds. The Labute approximate surface area is 108 Å². The smallest absolute Gasteiger partial charge is 0.194 e. The van der Waals surface area contributed by atoms with E-state index in [-0.39, 0.29) is 17.3 Å². The van der Waals surface area contributed by atoms with Gasteiger partial charge in [0.1, 0.15) is 22.4 Å². The number of hydrogen-bond donors (Lipinski definition) is 2. The van der Waals surface area contributed by atoms with E-state index >= 15 is 0 Å². The van der Waals surface area contributed by atoms with Crippen molar-refractivity contribution in [1.29, 1.82) is 0 Å². The zero-order chi connectivity index (χ0) is 13.3. The van der Waals surface area contributed by atoms with Crippen LogP contribution in [0.5, 0.6) is 0 Å². The highest BCUT2D eigenvalue weighted by molar-refractivity contribution is 9.10. The van der Waals surface area contributed by atoms with Gasteiger partial charge in [-0.3, -0.25) is 0 Å². The van der Waals surface area contributed by atoms with Crippen LogP contribution in [0.3, 0.4) is 0 Å². The maximum atomic E-state index is 13.0. The van der Waals surface area contributed by atoms with Crippen molar-refractivity contribution in [1.82, 2.24) is 9.97 Å². The lowest BCUT2D eigenvalue weighted by Gasteiger charge is -2.08. The first-order valence-electron chi connectivity index (χ1n) is 4.66. The Morgan fingerprint density at radius 1 is 1.11 bits per heavy atom. The fourth-order valence-electron chi connectivity index (χ4n) is 1.24. The number of hydrogen-bond acceptors (Lipinski definition) is 4. The van der Waals surface area contributed by atoms with Crippen LogP contribution in [0.4, 0.5) is 30.5 Å². The Bertz CT molecular complexity index is 583. The summed E-state index contributed by atoms with van der Waals surface area (Å²) in [6.45, 7) is 0. The number of nitrogens with one attached hydrogen (secondary N) is 1. The van der Waals surface area contributed by atoms with Gasteiger partial charge >= 0.3 is 0 Å². The zero-order valence-corrected chi connectivity index (χ0v) is 10.3. The molecule has 1 aromatic heterocycles. The Kier molecular flexibility index (Phi) is 3.37. The molecule has 2 aromatic rings. The SMILES string of the molecule is Nc1ncnc(Nc2cc(F)c(F)c(F)c2)c1Br. The molecule has 94 valence electrons. The molecular weight excluding hydrogens is 313 g/mol. The number of benzene rings is 1. The summed E-state index contributed by atoms with van der Waals surface area (Å²) < 4.78 is 39.1. The fraction of sp³-hybridized carbons (Fsp3) is 0. The molecule has 0 atom stereocenters. The van der Waals surface area contributed by atoms with Crippen LogP contribution in [0.15, 0.2) is 22.9 Å². The van der Waals surface area contributed by atoms with E-state index in [4.69, 9.17) is 5.73 Å². The number of halogens is 4. The van der Waals surface area contributed by atoms with Gasteiger partial charge in [-0.1, -0.05) is 0 Å². The molecule has 0 aliphatic heterocycles. The van der Waals surface area contributed by atoms with Crippen molar-refractivity contribution < 1.29 is 13.2 Å². The van der Waals surface area contributed by atoms with E-state index in [1.807, 2.05) is 0 Å². The number of rotatable bonds is 2. The third-order valence-corrected chi connectivity index (χ3v) is 2.84. The molecule has 0 saturated heterocycles. The Morgan fingerprint density at radius 3 is 2.33 bits per heavy atom. The van der Waals surface area contributed by atoms with Crippen molar-refractivity contribution in [2.45, 2.75) is 0 Å². The molecule has 0 radical (unpaired) electrons. The van der Waals surface area contributed by atoms with E-state index in [2.05, 4.69) is 31.2 Å². The first kappa shape index (κ1) is 12.6. The summed E-state index contributed by atoms with van der Waals surface area (Å²) in [6.07, 6.45) is 1.18. The molecule has 18 heavy (non-hydrogen) atoms. The summed E-state index contributed by atoms with van der Waals surface area (Å²) >= 11 is 3.12. The van der Waals surface area contributed by atoms with E-state index in [1.54, 1.807) is 0 Å². The second kappa shape index (κ2) is 4.81. The molecule has 8 heteroatoms. The molecule has 0 saturated carbocycles. The van der Waals surface area contributed by atoms with Crippen LogP contribution in [-0.4, -0.2) is 9.97 Å². The molecule has 0 bridgehead atoms. The number of nitrogens with two attached hydrogens (primary N) is 1. The predicted octanol–water partition coefficient (Wildman–Crippen LogP) is 2.98. The first-order valence-corrected chi connectivity index (χ1v) is 5.46. The average molecular weight is 319 g/mol. The molecule has 1 aromatic carbocycles. The summed E-state index contributed by atoms with van der Waals surface area (Å²) in [6, 6.07) is 1.62. The van der Waals surface area contributed by atoms with Gasteiger partial charge in [-0.2, -0.15) is 0 Å². The minimum Gasteiger partial charge on any atom is -0.383 e. The quantitative estimate of drug-likeness (QED) is 0.835. The molecule has 0 unspecified atom stereocenters. The number of nitrogens with zero attached hydrogens (tertiary/aromatic N) is 2. The summed E-state index contributed by atoms with van der Waals surface area (Å²) in [5.41, 5.74) is 5.52. The van der Waals surface area contributed by atoms with Crippen LogP contribution >= 0.6 is 15.9 Å². The summed E-state index contributed by atoms with van der Waals surface area (Å²) in [7, 11) is 0. The molecule has 0 aliphatic rings. The maximum absolute atomic E-state index is 13.0. The normalized spacial score (nSPS) is 10.4. The van der Waals surface area contributed by atoms with Gasteiger partial charge in [0.25, 0.3) is 0 Å². The first-order chi connectivity index (χ1) is 8.49. The van der Waals surface area contributed by atoms with Crippen molar-refractivity contribution in [3.8, 4) is 0 Å². The van der Waals surface area contributed by atoms with E-state index in [9.17, 15) is 13.2 Å². The standard InChI is InChI=1S/C10H6BrF3N4/c11-7-9(15)16-3-17-10(7)18-4-1-5(12)8(14)6(13)2-4/h1-3H,(H3,15,16,17,18). The van der Waals surface area contributed by atoms with Crippen molar-refractivity contribution in [3.63, 3.8) is 0 Å². The van der Waals surface area contributed by atoms with Crippen LogP contribution in [0, 0.1) is 17.5 Å². The van der Waals surface area contributed by atoms with E-state index in [0.717, 1.165) is 12.1 Å².